The SMILES string of the molecule is Cc1ccc2c(c1)[C@H](NC(=O)c1cn(C)cn1)CC(C)(C)O2. The summed E-state index contributed by atoms with van der Waals surface area (Å²) in [6.07, 6.45) is 4.07. The maximum Gasteiger partial charge on any atom is 0.271 e. The van der Waals surface area contributed by atoms with Crippen LogP contribution < -0.4 is 10.1 Å². The van der Waals surface area contributed by atoms with E-state index in [4.69, 9.17) is 4.74 Å². The van der Waals surface area contributed by atoms with Gasteiger partial charge in [-0.15, -0.1) is 0 Å². The van der Waals surface area contributed by atoms with E-state index in [1.807, 2.05) is 40.0 Å². The maximum atomic E-state index is 12.4. The Balaban J connectivity index is 1.90. The molecule has 5 heteroatoms. The van der Waals surface area contributed by atoms with Crippen LogP contribution in [-0.4, -0.2) is 21.1 Å². The molecule has 1 N–H and O–H groups in total. The summed E-state index contributed by atoms with van der Waals surface area (Å²) >= 11 is 0. The Labute approximate surface area is 130 Å². The van der Waals surface area contributed by atoms with Crippen molar-refractivity contribution >= 4 is 5.91 Å². The van der Waals surface area contributed by atoms with Gasteiger partial charge in [0.15, 0.2) is 0 Å². The van der Waals surface area contributed by atoms with Crippen LogP contribution in [0.5, 0.6) is 5.75 Å². The summed E-state index contributed by atoms with van der Waals surface area (Å²) in [7, 11) is 1.85. The van der Waals surface area contributed by atoms with Crippen molar-refractivity contribution in [2.24, 2.45) is 7.05 Å². The number of aromatic nitrogens is 2. The van der Waals surface area contributed by atoms with Gasteiger partial charge in [0, 0.05) is 25.2 Å². The molecule has 0 saturated heterocycles. The Morgan fingerprint density at radius 1 is 1.45 bits per heavy atom. The second-order valence-corrected chi connectivity index (χ2v) is 6.56. The van der Waals surface area contributed by atoms with Crippen molar-refractivity contribution in [2.45, 2.75) is 38.8 Å². The van der Waals surface area contributed by atoms with Crippen LogP contribution in [0.4, 0.5) is 0 Å². The molecular formula is C17H21N3O2. The smallest absolute Gasteiger partial charge is 0.271 e. The molecule has 1 aromatic heterocycles. The maximum absolute atomic E-state index is 12.4. The monoisotopic (exact) mass is 299 g/mol. The zero-order valence-corrected chi connectivity index (χ0v) is 13.4. The minimum Gasteiger partial charge on any atom is -0.487 e. The number of benzene rings is 1. The van der Waals surface area contributed by atoms with Gasteiger partial charge in [0.05, 0.1) is 12.4 Å². The van der Waals surface area contributed by atoms with Gasteiger partial charge in [0.1, 0.15) is 17.0 Å². The second-order valence-electron chi connectivity index (χ2n) is 6.56. The first kappa shape index (κ1) is 14.6. The highest BCUT2D eigenvalue weighted by Gasteiger charge is 2.34. The number of hydrogen-bond acceptors (Lipinski definition) is 3. The van der Waals surface area contributed by atoms with Crippen LogP contribution in [0.15, 0.2) is 30.7 Å². The standard InChI is InChI=1S/C17H21N3O2/c1-11-5-6-15-12(7-11)13(8-17(2,3)22-15)19-16(21)14-9-20(4)10-18-14/h5-7,9-10,13H,8H2,1-4H3,(H,19,21)/t13-/m1/s1. The van der Waals surface area contributed by atoms with Crippen LogP contribution in [-0.2, 0) is 7.05 Å². The average molecular weight is 299 g/mol. The molecule has 22 heavy (non-hydrogen) atoms. The van der Waals surface area contributed by atoms with Gasteiger partial charge in [-0.05, 0) is 26.8 Å². The molecule has 0 saturated carbocycles. The van der Waals surface area contributed by atoms with Gasteiger partial charge in [-0.25, -0.2) is 4.98 Å². The lowest BCUT2D eigenvalue weighted by Gasteiger charge is -2.38. The minimum atomic E-state index is -0.315. The molecule has 1 aromatic carbocycles. The number of nitrogens with zero attached hydrogens (tertiary/aromatic N) is 2. The van der Waals surface area contributed by atoms with Gasteiger partial charge in [0.25, 0.3) is 5.91 Å². The molecule has 1 aliphatic heterocycles. The number of amides is 1. The fourth-order valence-corrected chi connectivity index (χ4v) is 2.87. The Hall–Kier alpha value is -2.30. The molecule has 2 heterocycles. The zero-order chi connectivity index (χ0) is 15.9. The van der Waals surface area contributed by atoms with Crippen LogP contribution in [0.3, 0.4) is 0 Å². The van der Waals surface area contributed by atoms with Crippen LogP contribution >= 0.6 is 0 Å². The molecule has 1 amide bonds. The highest BCUT2D eigenvalue weighted by atomic mass is 16.5. The van der Waals surface area contributed by atoms with Crippen molar-refractivity contribution in [1.29, 1.82) is 0 Å². The van der Waals surface area contributed by atoms with Gasteiger partial charge >= 0.3 is 0 Å². The number of hydrogen-bond donors (Lipinski definition) is 1. The molecule has 3 rings (SSSR count). The molecule has 0 unspecified atom stereocenters. The molecule has 116 valence electrons. The number of fused-ring (bicyclic) bond motifs is 1. The van der Waals surface area contributed by atoms with E-state index >= 15 is 0 Å². The van der Waals surface area contributed by atoms with E-state index in [1.165, 1.54) is 0 Å². The molecule has 1 atom stereocenters. The van der Waals surface area contributed by atoms with Gasteiger partial charge in [0.2, 0.25) is 0 Å². The first-order chi connectivity index (χ1) is 10.3. The fourth-order valence-electron chi connectivity index (χ4n) is 2.87. The molecule has 0 radical (unpaired) electrons. The van der Waals surface area contributed by atoms with E-state index in [0.29, 0.717) is 5.69 Å². The first-order valence-corrected chi connectivity index (χ1v) is 7.42. The number of carbonyl (C=O) groups excluding carboxylic acids is 1. The third-order valence-corrected chi connectivity index (χ3v) is 3.87. The Morgan fingerprint density at radius 2 is 2.23 bits per heavy atom. The molecule has 5 nitrogen and oxygen atoms in total. The number of aryl methyl sites for hydroxylation is 2. The van der Waals surface area contributed by atoms with Crippen molar-refractivity contribution in [3.8, 4) is 5.75 Å². The fraction of sp³-hybridized carbons (Fsp3) is 0.412. The number of rotatable bonds is 2. The molecule has 2 aromatic rings. The largest absolute Gasteiger partial charge is 0.487 e. The molecular weight excluding hydrogens is 278 g/mol. The predicted molar refractivity (Wildman–Crippen MR) is 83.9 cm³/mol. The summed E-state index contributed by atoms with van der Waals surface area (Å²) in [6.45, 7) is 6.11. The first-order valence-electron chi connectivity index (χ1n) is 7.42. The minimum absolute atomic E-state index is 0.0758. The predicted octanol–water partition coefficient (Wildman–Crippen LogP) is 2.76. The molecule has 0 aliphatic carbocycles. The summed E-state index contributed by atoms with van der Waals surface area (Å²) < 4.78 is 7.79. The van der Waals surface area contributed by atoms with Crippen LogP contribution in [0, 0.1) is 6.92 Å². The van der Waals surface area contributed by atoms with E-state index in [1.54, 1.807) is 17.1 Å². The summed E-state index contributed by atoms with van der Waals surface area (Å²) in [5.41, 5.74) is 2.30. The number of ether oxygens (including phenoxy) is 1. The van der Waals surface area contributed by atoms with Gasteiger partial charge in [-0.3, -0.25) is 4.79 Å². The zero-order valence-electron chi connectivity index (χ0n) is 13.4. The summed E-state index contributed by atoms with van der Waals surface area (Å²) in [6, 6.07) is 6.00. The Morgan fingerprint density at radius 3 is 2.91 bits per heavy atom. The van der Waals surface area contributed by atoms with E-state index in [0.717, 1.165) is 23.3 Å². The molecule has 0 fully saturated rings. The number of nitrogens with one attached hydrogen (secondary N) is 1. The van der Waals surface area contributed by atoms with Crippen molar-refractivity contribution in [2.75, 3.05) is 0 Å². The van der Waals surface area contributed by atoms with Crippen LogP contribution in [0.25, 0.3) is 0 Å². The van der Waals surface area contributed by atoms with Crippen molar-refractivity contribution in [1.82, 2.24) is 14.9 Å². The third-order valence-electron chi connectivity index (χ3n) is 3.87. The van der Waals surface area contributed by atoms with E-state index in [2.05, 4.69) is 16.4 Å². The summed E-state index contributed by atoms with van der Waals surface area (Å²) in [5.74, 6) is 0.684. The van der Waals surface area contributed by atoms with E-state index < -0.39 is 0 Å². The molecule has 0 bridgehead atoms. The van der Waals surface area contributed by atoms with E-state index in [9.17, 15) is 4.79 Å². The number of carbonyl (C=O) groups is 1. The highest BCUT2D eigenvalue weighted by molar-refractivity contribution is 5.92. The van der Waals surface area contributed by atoms with Gasteiger partial charge < -0.3 is 14.6 Å². The summed E-state index contributed by atoms with van der Waals surface area (Å²) in [4.78, 5) is 16.5. The second kappa shape index (κ2) is 5.16. The van der Waals surface area contributed by atoms with Gasteiger partial charge in [-0.1, -0.05) is 17.7 Å². The molecule has 0 spiro atoms. The van der Waals surface area contributed by atoms with Crippen molar-refractivity contribution in [3.63, 3.8) is 0 Å². The summed E-state index contributed by atoms with van der Waals surface area (Å²) in [5, 5.41) is 3.09. The average Bonchev–Trinajstić information content (AvgIpc) is 2.85. The van der Waals surface area contributed by atoms with Crippen LogP contribution in [0.1, 0.15) is 47.9 Å². The Kier molecular flexibility index (Phi) is 3.43. The lowest BCUT2D eigenvalue weighted by molar-refractivity contribution is 0.0618. The lowest BCUT2D eigenvalue weighted by Crippen LogP contribution is -2.41. The van der Waals surface area contributed by atoms with E-state index in [-0.39, 0.29) is 17.6 Å². The normalized spacial score (nSPS) is 19.2. The highest BCUT2D eigenvalue weighted by Crippen LogP contribution is 2.39. The quantitative estimate of drug-likeness (QED) is 0.927. The van der Waals surface area contributed by atoms with Gasteiger partial charge in [-0.2, -0.15) is 0 Å². The topological polar surface area (TPSA) is 56.2 Å². The number of imidazole rings is 1. The third kappa shape index (κ3) is 2.84. The van der Waals surface area contributed by atoms with Crippen LogP contribution in [0.2, 0.25) is 0 Å². The molecule has 1 aliphatic rings. The van der Waals surface area contributed by atoms with Crippen molar-refractivity contribution in [3.05, 3.63) is 47.5 Å². The lowest BCUT2D eigenvalue weighted by atomic mass is 9.89. The van der Waals surface area contributed by atoms with Crippen molar-refractivity contribution < 1.29 is 9.53 Å². The Bertz CT molecular complexity index is 718.